The van der Waals surface area contributed by atoms with Gasteiger partial charge in [-0.3, -0.25) is 9.69 Å². The Labute approximate surface area is 154 Å². The van der Waals surface area contributed by atoms with Gasteiger partial charge in [0, 0.05) is 18.8 Å². The smallest absolute Gasteiger partial charge is 0.244 e. The number of carbonyl (C=O) groups excluding carboxylic acids is 1. The predicted octanol–water partition coefficient (Wildman–Crippen LogP) is 2.97. The number of hydrogen-bond acceptors (Lipinski definition) is 4. The van der Waals surface area contributed by atoms with Crippen molar-refractivity contribution in [3.63, 3.8) is 0 Å². The largest absolute Gasteiger partial charge is 0.497 e. The highest BCUT2D eigenvalue weighted by Crippen LogP contribution is 2.25. The zero-order chi connectivity index (χ0) is 18.4. The molecule has 0 saturated carbocycles. The van der Waals surface area contributed by atoms with Crippen molar-refractivity contribution in [1.82, 2.24) is 4.90 Å². The quantitative estimate of drug-likeness (QED) is 0.866. The third kappa shape index (κ3) is 4.23. The maximum absolute atomic E-state index is 13.3. The van der Waals surface area contributed by atoms with Gasteiger partial charge in [0.2, 0.25) is 5.91 Å². The SMILES string of the molecule is COc1ccc(NC(=O)C(C)(Cc2ccccc2)N2CCOCC2)cc1. The first-order valence-corrected chi connectivity index (χ1v) is 8.94. The minimum atomic E-state index is -0.648. The van der Waals surface area contributed by atoms with Crippen LogP contribution in [0, 0.1) is 0 Å². The molecular formula is C21H26N2O3. The molecule has 5 heteroatoms. The third-order valence-corrected chi connectivity index (χ3v) is 4.94. The Morgan fingerprint density at radius 1 is 1.12 bits per heavy atom. The maximum atomic E-state index is 13.3. The van der Waals surface area contributed by atoms with Crippen LogP contribution in [0.4, 0.5) is 5.69 Å². The van der Waals surface area contributed by atoms with Crippen molar-refractivity contribution in [2.75, 3.05) is 38.7 Å². The first-order chi connectivity index (χ1) is 12.6. The number of rotatable bonds is 6. The summed E-state index contributed by atoms with van der Waals surface area (Å²) in [6.45, 7) is 4.82. The van der Waals surface area contributed by atoms with Crippen LogP contribution in [0.5, 0.6) is 5.75 Å². The van der Waals surface area contributed by atoms with Gasteiger partial charge in [-0.25, -0.2) is 0 Å². The highest BCUT2D eigenvalue weighted by atomic mass is 16.5. The molecule has 0 spiro atoms. The van der Waals surface area contributed by atoms with Crippen molar-refractivity contribution in [3.8, 4) is 5.75 Å². The molecule has 26 heavy (non-hydrogen) atoms. The van der Waals surface area contributed by atoms with Crippen LogP contribution in [0.25, 0.3) is 0 Å². The molecule has 0 aromatic heterocycles. The molecule has 1 heterocycles. The summed E-state index contributed by atoms with van der Waals surface area (Å²) in [5, 5.41) is 3.07. The highest BCUT2D eigenvalue weighted by molar-refractivity contribution is 5.98. The first-order valence-electron chi connectivity index (χ1n) is 8.94. The summed E-state index contributed by atoms with van der Waals surface area (Å²) in [6, 6.07) is 17.6. The van der Waals surface area contributed by atoms with E-state index in [0.29, 0.717) is 19.6 Å². The van der Waals surface area contributed by atoms with Gasteiger partial charge in [-0.1, -0.05) is 30.3 Å². The van der Waals surface area contributed by atoms with Gasteiger partial charge >= 0.3 is 0 Å². The van der Waals surface area contributed by atoms with E-state index in [0.717, 1.165) is 30.1 Å². The first kappa shape index (κ1) is 18.4. The number of nitrogens with zero attached hydrogens (tertiary/aromatic N) is 1. The Balaban J connectivity index is 1.82. The van der Waals surface area contributed by atoms with Crippen molar-refractivity contribution >= 4 is 11.6 Å². The fourth-order valence-electron chi connectivity index (χ4n) is 3.33. The standard InChI is InChI=1S/C21H26N2O3/c1-21(23-12-14-26-15-13-23,16-17-6-4-3-5-7-17)20(24)22-18-8-10-19(25-2)11-9-18/h3-11H,12-16H2,1-2H3,(H,22,24). The second-order valence-electron chi connectivity index (χ2n) is 6.72. The second kappa shape index (κ2) is 8.34. The van der Waals surface area contributed by atoms with E-state index in [4.69, 9.17) is 9.47 Å². The lowest BCUT2D eigenvalue weighted by molar-refractivity contribution is -0.130. The zero-order valence-corrected chi connectivity index (χ0v) is 15.4. The molecule has 1 amide bonds. The Kier molecular flexibility index (Phi) is 5.91. The van der Waals surface area contributed by atoms with Gasteiger partial charge < -0.3 is 14.8 Å². The second-order valence-corrected chi connectivity index (χ2v) is 6.72. The van der Waals surface area contributed by atoms with E-state index >= 15 is 0 Å². The van der Waals surface area contributed by atoms with Gasteiger partial charge in [0.1, 0.15) is 11.3 Å². The molecule has 0 bridgehead atoms. The topological polar surface area (TPSA) is 50.8 Å². The molecule has 0 aliphatic carbocycles. The summed E-state index contributed by atoms with van der Waals surface area (Å²) in [7, 11) is 1.63. The number of amides is 1. The molecule has 1 atom stereocenters. The molecule has 1 aliphatic heterocycles. The van der Waals surface area contributed by atoms with Gasteiger partial charge in [0.05, 0.1) is 20.3 Å². The molecule has 1 aliphatic rings. The molecule has 1 saturated heterocycles. The van der Waals surface area contributed by atoms with Crippen LogP contribution < -0.4 is 10.1 Å². The van der Waals surface area contributed by atoms with Crippen LogP contribution >= 0.6 is 0 Å². The molecule has 3 rings (SSSR count). The number of hydrogen-bond donors (Lipinski definition) is 1. The third-order valence-electron chi connectivity index (χ3n) is 4.94. The molecule has 2 aromatic rings. The van der Waals surface area contributed by atoms with Crippen LogP contribution in [0.3, 0.4) is 0 Å². The summed E-state index contributed by atoms with van der Waals surface area (Å²) in [5.41, 5.74) is 1.26. The molecular weight excluding hydrogens is 328 g/mol. The summed E-state index contributed by atoms with van der Waals surface area (Å²) in [5.74, 6) is 0.761. The summed E-state index contributed by atoms with van der Waals surface area (Å²) >= 11 is 0. The molecule has 5 nitrogen and oxygen atoms in total. The van der Waals surface area contributed by atoms with Crippen LogP contribution in [0.1, 0.15) is 12.5 Å². The fraction of sp³-hybridized carbons (Fsp3) is 0.381. The monoisotopic (exact) mass is 354 g/mol. The molecule has 1 N–H and O–H groups in total. The number of ether oxygens (including phenoxy) is 2. The summed E-state index contributed by atoms with van der Waals surface area (Å²) in [6.07, 6.45) is 0.649. The predicted molar refractivity (Wildman–Crippen MR) is 103 cm³/mol. The molecule has 2 aromatic carbocycles. The van der Waals surface area contributed by atoms with Gasteiger partial charge in [-0.2, -0.15) is 0 Å². The van der Waals surface area contributed by atoms with E-state index < -0.39 is 5.54 Å². The minimum absolute atomic E-state index is 0.00609. The van der Waals surface area contributed by atoms with Crippen molar-refractivity contribution < 1.29 is 14.3 Å². The van der Waals surface area contributed by atoms with E-state index in [9.17, 15) is 4.79 Å². The van der Waals surface area contributed by atoms with E-state index in [1.54, 1.807) is 7.11 Å². The number of carbonyl (C=O) groups is 1. The lowest BCUT2D eigenvalue weighted by Gasteiger charge is -2.42. The van der Waals surface area contributed by atoms with Gasteiger partial charge in [-0.15, -0.1) is 0 Å². The van der Waals surface area contributed by atoms with Crippen LogP contribution in [0.15, 0.2) is 54.6 Å². The molecule has 1 unspecified atom stereocenters. The van der Waals surface area contributed by atoms with Crippen LogP contribution in [0.2, 0.25) is 0 Å². The average Bonchev–Trinajstić information content (AvgIpc) is 2.70. The van der Waals surface area contributed by atoms with Crippen molar-refractivity contribution in [1.29, 1.82) is 0 Å². The molecule has 138 valence electrons. The average molecular weight is 354 g/mol. The number of benzene rings is 2. The number of morpholine rings is 1. The maximum Gasteiger partial charge on any atom is 0.244 e. The van der Waals surface area contributed by atoms with Gasteiger partial charge in [0.25, 0.3) is 0 Å². The Morgan fingerprint density at radius 3 is 2.38 bits per heavy atom. The van der Waals surface area contributed by atoms with Gasteiger partial charge in [-0.05, 0) is 43.2 Å². The molecule has 0 radical (unpaired) electrons. The number of anilines is 1. The minimum Gasteiger partial charge on any atom is -0.497 e. The fourth-order valence-corrected chi connectivity index (χ4v) is 3.33. The highest BCUT2D eigenvalue weighted by Gasteiger charge is 2.40. The Bertz CT molecular complexity index is 712. The van der Waals surface area contributed by atoms with Crippen LogP contribution in [-0.4, -0.2) is 49.8 Å². The van der Waals surface area contributed by atoms with E-state index in [1.165, 1.54) is 0 Å². The summed E-state index contributed by atoms with van der Waals surface area (Å²) < 4.78 is 10.7. The lowest BCUT2D eigenvalue weighted by atomic mass is 9.89. The van der Waals surface area contributed by atoms with Crippen molar-refractivity contribution in [2.45, 2.75) is 18.9 Å². The van der Waals surface area contributed by atoms with E-state index in [2.05, 4.69) is 22.3 Å². The normalized spacial score (nSPS) is 17.3. The number of methoxy groups -OCH3 is 1. The summed E-state index contributed by atoms with van der Waals surface area (Å²) in [4.78, 5) is 15.5. The van der Waals surface area contributed by atoms with Crippen molar-refractivity contribution in [2.24, 2.45) is 0 Å². The van der Waals surface area contributed by atoms with Crippen LogP contribution in [-0.2, 0) is 16.0 Å². The number of nitrogens with one attached hydrogen (secondary N) is 1. The lowest BCUT2D eigenvalue weighted by Crippen LogP contribution is -2.59. The van der Waals surface area contributed by atoms with E-state index in [-0.39, 0.29) is 5.91 Å². The van der Waals surface area contributed by atoms with Crippen molar-refractivity contribution in [3.05, 3.63) is 60.2 Å². The molecule has 1 fully saturated rings. The Hall–Kier alpha value is -2.37. The Morgan fingerprint density at radius 2 is 1.77 bits per heavy atom. The van der Waals surface area contributed by atoms with E-state index in [1.807, 2.05) is 49.4 Å². The zero-order valence-electron chi connectivity index (χ0n) is 15.4. The van der Waals surface area contributed by atoms with Gasteiger partial charge in [0.15, 0.2) is 0 Å².